The van der Waals surface area contributed by atoms with Crippen molar-refractivity contribution in [1.82, 2.24) is 19.6 Å². The number of piperidine rings is 1. The number of aryl methyl sites for hydroxylation is 1. The molecule has 2 fully saturated rings. The fraction of sp³-hybridized carbons (Fsp3) is 0.750. The van der Waals surface area contributed by atoms with Crippen LogP contribution in [-0.4, -0.2) is 52.2 Å². The summed E-state index contributed by atoms with van der Waals surface area (Å²) in [4.78, 5) is 16.2. The molecule has 5 heteroatoms. The van der Waals surface area contributed by atoms with E-state index in [0.717, 1.165) is 26.1 Å². The summed E-state index contributed by atoms with van der Waals surface area (Å²) in [6.07, 6.45) is 7.25. The Balaban J connectivity index is 1.59. The van der Waals surface area contributed by atoms with Crippen molar-refractivity contribution in [2.75, 3.05) is 20.6 Å². The lowest BCUT2D eigenvalue weighted by Crippen LogP contribution is -2.39. The zero-order valence-corrected chi connectivity index (χ0v) is 13.3. The highest BCUT2D eigenvalue weighted by Crippen LogP contribution is 2.40. The van der Waals surface area contributed by atoms with Gasteiger partial charge in [0.25, 0.3) is 0 Å². The lowest BCUT2D eigenvalue weighted by atomic mass is 9.88. The van der Waals surface area contributed by atoms with E-state index in [1.807, 2.05) is 22.8 Å². The third kappa shape index (κ3) is 2.98. The average molecular weight is 290 g/mol. The Morgan fingerprint density at radius 3 is 2.86 bits per heavy atom. The van der Waals surface area contributed by atoms with Gasteiger partial charge in [-0.25, -0.2) is 0 Å². The Bertz CT molecular complexity index is 512. The molecule has 1 aliphatic heterocycles. The molecule has 3 rings (SSSR count). The third-order valence-electron chi connectivity index (χ3n) is 5.25. The van der Waals surface area contributed by atoms with E-state index in [4.69, 9.17) is 0 Å². The number of nitrogens with zero attached hydrogens (tertiary/aromatic N) is 4. The second kappa shape index (κ2) is 5.79. The molecule has 3 atom stereocenters. The summed E-state index contributed by atoms with van der Waals surface area (Å²) in [5, 5.41) is 4.35. The zero-order valence-electron chi connectivity index (χ0n) is 13.3. The van der Waals surface area contributed by atoms with E-state index in [1.165, 1.54) is 18.4 Å². The number of carbonyl (C=O) groups excluding carboxylic acids is 1. The lowest BCUT2D eigenvalue weighted by molar-refractivity contribution is -0.134. The first kappa shape index (κ1) is 14.6. The van der Waals surface area contributed by atoms with E-state index in [0.29, 0.717) is 23.8 Å². The Hall–Kier alpha value is -1.36. The van der Waals surface area contributed by atoms with Crippen LogP contribution < -0.4 is 0 Å². The molecular weight excluding hydrogens is 264 g/mol. The summed E-state index contributed by atoms with van der Waals surface area (Å²) in [5.74, 6) is 1.61. The molecule has 0 bridgehead atoms. The van der Waals surface area contributed by atoms with Gasteiger partial charge < -0.3 is 4.90 Å². The zero-order chi connectivity index (χ0) is 15.0. The molecular formula is C16H26N4O. The molecule has 1 saturated carbocycles. The van der Waals surface area contributed by atoms with E-state index < -0.39 is 0 Å². The Labute approximate surface area is 126 Å². The Kier molecular flexibility index (Phi) is 4.02. The van der Waals surface area contributed by atoms with Crippen molar-refractivity contribution >= 4 is 5.91 Å². The van der Waals surface area contributed by atoms with Crippen LogP contribution in [0.15, 0.2) is 12.4 Å². The summed E-state index contributed by atoms with van der Waals surface area (Å²) in [6, 6.07) is 0.601. The fourth-order valence-corrected chi connectivity index (χ4v) is 3.93. The lowest BCUT2D eigenvalue weighted by Gasteiger charge is -2.31. The molecule has 0 unspecified atom stereocenters. The summed E-state index contributed by atoms with van der Waals surface area (Å²) in [5.41, 5.74) is 1.28. The number of amides is 1. The number of hydrogen-bond acceptors (Lipinski definition) is 3. The van der Waals surface area contributed by atoms with Crippen LogP contribution in [0.25, 0.3) is 0 Å². The molecule has 1 amide bonds. The summed E-state index contributed by atoms with van der Waals surface area (Å²) >= 11 is 0. The molecule has 2 heterocycles. The summed E-state index contributed by atoms with van der Waals surface area (Å²) in [7, 11) is 4.14. The van der Waals surface area contributed by atoms with Gasteiger partial charge in [0, 0.05) is 50.9 Å². The monoisotopic (exact) mass is 290 g/mol. The second-order valence-corrected chi connectivity index (χ2v) is 6.74. The smallest absolute Gasteiger partial charge is 0.222 e. The SMILES string of the molecule is CCn1cc(CN(C)[C@H]2C[C@H]3CC(=O)N(C)C[C@H]3C2)cn1. The molecule has 1 aromatic heterocycles. The first-order valence-electron chi connectivity index (χ1n) is 8.02. The van der Waals surface area contributed by atoms with Crippen molar-refractivity contribution in [2.45, 2.75) is 45.3 Å². The van der Waals surface area contributed by atoms with Gasteiger partial charge in [0.15, 0.2) is 0 Å². The molecule has 21 heavy (non-hydrogen) atoms. The quantitative estimate of drug-likeness (QED) is 0.845. The Morgan fingerprint density at radius 2 is 2.14 bits per heavy atom. The van der Waals surface area contributed by atoms with Crippen LogP contribution in [0.1, 0.15) is 31.7 Å². The first-order valence-corrected chi connectivity index (χ1v) is 8.02. The van der Waals surface area contributed by atoms with Gasteiger partial charge in [-0.3, -0.25) is 14.4 Å². The summed E-state index contributed by atoms with van der Waals surface area (Å²) < 4.78 is 1.98. The maximum atomic E-state index is 11.8. The van der Waals surface area contributed by atoms with E-state index in [2.05, 4.69) is 30.2 Å². The Morgan fingerprint density at radius 1 is 1.38 bits per heavy atom. The van der Waals surface area contributed by atoms with Crippen LogP contribution >= 0.6 is 0 Å². The van der Waals surface area contributed by atoms with Gasteiger partial charge in [-0.1, -0.05) is 0 Å². The van der Waals surface area contributed by atoms with Crippen molar-refractivity contribution < 1.29 is 4.79 Å². The molecule has 0 radical (unpaired) electrons. The van der Waals surface area contributed by atoms with E-state index in [1.54, 1.807) is 0 Å². The highest BCUT2D eigenvalue weighted by molar-refractivity contribution is 5.77. The van der Waals surface area contributed by atoms with Crippen LogP contribution in [-0.2, 0) is 17.9 Å². The van der Waals surface area contributed by atoms with Gasteiger partial charge in [0.1, 0.15) is 0 Å². The maximum absolute atomic E-state index is 11.8. The maximum Gasteiger partial charge on any atom is 0.222 e. The van der Waals surface area contributed by atoms with Crippen LogP contribution in [0.2, 0.25) is 0 Å². The number of likely N-dealkylation sites (tertiary alicyclic amines) is 1. The summed E-state index contributed by atoms with van der Waals surface area (Å²) in [6.45, 7) is 4.93. The molecule has 0 N–H and O–H groups in total. The number of aromatic nitrogens is 2. The molecule has 116 valence electrons. The van der Waals surface area contributed by atoms with Crippen LogP contribution in [0, 0.1) is 11.8 Å². The van der Waals surface area contributed by atoms with Crippen molar-refractivity contribution in [3.63, 3.8) is 0 Å². The molecule has 2 aliphatic rings. The average Bonchev–Trinajstić information content (AvgIpc) is 3.06. The molecule has 0 spiro atoms. The highest BCUT2D eigenvalue weighted by atomic mass is 16.2. The fourth-order valence-electron chi connectivity index (χ4n) is 3.93. The van der Waals surface area contributed by atoms with Gasteiger partial charge in [-0.05, 0) is 38.6 Å². The number of hydrogen-bond donors (Lipinski definition) is 0. The molecule has 0 aromatic carbocycles. The topological polar surface area (TPSA) is 41.4 Å². The van der Waals surface area contributed by atoms with Crippen molar-refractivity contribution in [2.24, 2.45) is 11.8 Å². The standard InChI is InChI=1S/C16H26N4O/c1-4-20-10-12(8-17-20)9-18(2)15-5-13-7-16(21)19(3)11-14(13)6-15/h8,10,13-15H,4-7,9,11H2,1-3H3/t13-,14+,15-/m0/s1. The van der Waals surface area contributed by atoms with Gasteiger partial charge in [0.2, 0.25) is 5.91 Å². The molecule has 1 aromatic rings. The van der Waals surface area contributed by atoms with E-state index in [-0.39, 0.29) is 0 Å². The largest absolute Gasteiger partial charge is 0.345 e. The molecule has 5 nitrogen and oxygen atoms in total. The van der Waals surface area contributed by atoms with Gasteiger partial charge in [-0.2, -0.15) is 5.10 Å². The predicted octanol–water partition coefficient (Wildman–Crippen LogP) is 1.59. The van der Waals surface area contributed by atoms with Gasteiger partial charge in [0.05, 0.1) is 6.20 Å². The molecule has 1 aliphatic carbocycles. The van der Waals surface area contributed by atoms with Gasteiger partial charge >= 0.3 is 0 Å². The first-order chi connectivity index (χ1) is 10.1. The van der Waals surface area contributed by atoms with Crippen molar-refractivity contribution in [3.8, 4) is 0 Å². The number of fused-ring (bicyclic) bond motifs is 1. The van der Waals surface area contributed by atoms with Crippen LogP contribution in [0.3, 0.4) is 0 Å². The second-order valence-electron chi connectivity index (χ2n) is 6.74. The van der Waals surface area contributed by atoms with E-state index in [9.17, 15) is 4.79 Å². The van der Waals surface area contributed by atoms with Crippen LogP contribution in [0.5, 0.6) is 0 Å². The molecule has 1 saturated heterocycles. The minimum Gasteiger partial charge on any atom is -0.345 e. The minimum absolute atomic E-state index is 0.323. The van der Waals surface area contributed by atoms with Crippen molar-refractivity contribution in [1.29, 1.82) is 0 Å². The van der Waals surface area contributed by atoms with E-state index >= 15 is 0 Å². The van der Waals surface area contributed by atoms with Crippen molar-refractivity contribution in [3.05, 3.63) is 18.0 Å². The normalized spacial score (nSPS) is 29.2. The van der Waals surface area contributed by atoms with Gasteiger partial charge in [-0.15, -0.1) is 0 Å². The number of rotatable bonds is 4. The number of carbonyl (C=O) groups is 1. The predicted molar refractivity (Wildman–Crippen MR) is 81.6 cm³/mol. The highest BCUT2D eigenvalue weighted by Gasteiger charge is 2.41. The third-order valence-corrected chi connectivity index (χ3v) is 5.25. The minimum atomic E-state index is 0.323. The van der Waals surface area contributed by atoms with Crippen LogP contribution in [0.4, 0.5) is 0 Å².